The molecule has 0 amide bonds. The molecule has 98 valence electrons. The van der Waals surface area contributed by atoms with Gasteiger partial charge in [0.25, 0.3) is 0 Å². The van der Waals surface area contributed by atoms with Crippen molar-refractivity contribution in [1.29, 1.82) is 0 Å². The second-order valence-corrected chi connectivity index (χ2v) is 4.44. The van der Waals surface area contributed by atoms with Gasteiger partial charge in [-0.2, -0.15) is 0 Å². The number of nitrogens with zero attached hydrogens (tertiary/aromatic N) is 1. The van der Waals surface area contributed by atoms with Crippen LogP contribution in [0.1, 0.15) is 10.4 Å². The zero-order valence-corrected chi connectivity index (χ0v) is 10.7. The van der Waals surface area contributed by atoms with Crippen LogP contribution in [0.3, 0.4) is 0 Å². The quantitative estimate of drug-likeness (QED) is 0.919. The van der Waals surface area contributed by atoms with Crippen LogP contribution in [0.5, 0.6) is 0 Å². The molecule has 0 radical (unpaired) electrons. The first kappa shape index (κ1) is 13.1. The van der Waals surface area contributed by atoms with Crippen molar-refractivity contribution in [3.63, 3.8) is 0 Å². The highest BCUT2D eigenvalue weighted by Crippen LogP contribution is 2.25. The van der Waals surface area contributed by atoms with Crippen LogP contribution < -0.4 is 4.90 Å². The minimum atomic E-state index is -1.13. The van der Waals surface area contributed by atoms with E-state index < -0.39 is 11.8 Å². The molecule has 2 aromatic rings. The van der Waals surface area contributed by atoms with Gasteiger partial charge >= 0.3 is 5.97 Å². The molecule has 0 atom stereocenters. The Balaban J connectivity index is 2.39. The third-order valence-corrected chi connectivity index (χ3v) is 2.91. The lowest BCUT2D eigenvalue weighted by Gasteiger charge is -2.13. The molecule has 0 unspecified atom stereocenters. The zero-order chi connectivity index (χ0) is 14.0. The molecule has 0 spiro atoms. The lowest BCUT2D eigenvalue weighted by molar-refractivity contribution is 0.0696. The molecule has 1 N–H and O–H groups in total. The topological polar surface area (TPSA) is 40.5 Å². The average molecular weight is 259 g/mol. The minimum absolute atomic E-state index is 0.0499. The highest BCUT2D eigenvalue weighted by molar-refractivity contribution is 5.88. The number of carbonyl (C=O) groups is 1. The summed E-state index contributed by atoms with van der Waals surface area (Å²) < 4.78 is 13.9. The molecule has 2 rings (SSSR count). The Morgan fingerprint density at radius 1 is 1.11 bits per heavy atom. The molecule has 0 fully saturated rings. The van der Waals surface area contributed by atoms with E-state index in [1.807, 2.05) is 43.3 Å². The van der Waals surface area contributed by atoms with Crippen molar-refractivity contribution in [2.24, 2.45) is 0 Å². The number of halogens is 1. The van der Waals surface area contributed by atoms with Gasteiger partial charge in [-0.3, -0.25) is 0 Å². The van der Waals surface area contributed by atoms with Crippen molar-refractivity contribution in [2.75, 3.05) is 19.0 Å². The predicted molar refractivity (Wildman–Crippen MR) is 73.1 cm³/mol. The van der Waals surface area contributed by atoms with E-state index in [4.69, 9.17) is 5.11 Å². The van der Waals surface area contributed by atoms with Crippen molar-refractivity contribution < 1.29 is 14.3 Å². The smallest absolute Gasteiger partial charge is 0.335 e. The molecule has 0 bridgehead atoms. The summed E-state index contributed by atoms with van der Waals surface area (Å²) in [5, 5.41) is 8.80. The van der Waals surface area contributed by atoms with Gasteiger partial charge in [-0.15, -0.1) is 0 Å². The van der Waals surface area contributed by atoms with Crippen molar-refractivity contribution in [1.82, 2.24) is 0 Å². The van der Waals surface area contributed by atoms with Crippen LogP contribution in [0.25, 0.3) is 11.1 Å². The number of carboxylic acid groups (broad SMARTS) is 1. The molecule has 0 saturated heterocycles. The highest BCUT2D eigenvalue weighted by Gasteiger charge is 2.09. The number of hydrogen-bond donors (Lipinski definition) is 1. The summed E-state index contributed by atoms with van der Waals surface area (Å²) in [6, 6.07) is 11.3. The van der Waals surface area contributed by atoms with E-state index in [0.29, 0.717) is 5.56 Å². The van der Waals surface area contributed by atoms with Crippen molar-refractivity contribution >= 4 is 11.7 Å². The Labute approximate surface area is 110 Å². The second kappa shape index (κ2) is 5.10. The maximum absolute atomic E-state index is 13.9. The van der Waals surface area contributed by atoms with Crippen LogP contribution in [0.15, 0.2) is 42.5 Å². The maximum Gasteiger partial charge on any atom is 0.335 e. The van der Waals surface area contributed by atoms with Crippen LogP contribution >= 0.6 is 0 Å². The van der Waals surface area contributed by atoms with Gasteiger partial charge < -0.3 is 10.0 Å². The van der Waals surface area contributed by atoms with Crippen molar-refractivity contribution in [2.45, 2.75) is 0 Å². The summed E-state index contributed by atoms with van der Waals surface area (Å²) in [5.74, 6) is -1.66. The molecule has 2 aromatic carbocycles. The number of hydrogen-bond acceptors (Lipinski definition) is 2. The summed E-state index contributed by atoms with van der Waals surface area (Å²) in [6.45, 7) is 0. The summed E-state index contributed by atoms with van der Waals surface area (Å²) in [7, 11) is 3.86. The van der Waals surface area contributed by atoms with Crippen LogP contribution in [0.2, 0.25) is 0 Å². The molecule has 4 heteroatoms. The first-order valence-corrected chi connectivity index (χ1v) is 5.79. The zero-order valence-electron chi connectivity index (χ0n) is 10.7. The molecule has 0 heterocycles. The Bertz CT molecular complexity index is 606. The van der Waals surface area contributed by atoms with Gasteiger partial charge in [0.1, 0.15) is 5.82 Å². The van der Waals surface area contributed by atoms with Crippen LogP contribution in [0, 0.1) is 5.82 Å². The average Bonchev–Trinajstić information content (AvgIpc) is 2.38. The van der Waals surface area contributed by atoms with E-state index in [1.54, 1.807) is 0 Å². The van der Waals surface area contributed by atoms with Crippen LogP contribution in [-0.2, 0) is 0 Å². The monoisotopic (exact) mass is 259 g/mol. The summed E-state index contributed by atoms with van der Waals surface area (Å²) in [5.41, 5.74) is 2.09. The van der Waals surface area contributed by atoms with Crippen molar-refractivity contribution in [3.05, 3.63) is 53.8 Å². The van der Waals surface area contributed by atoms with Crippen LogP contribution in [0.4, 0.5) is 10.1 Å². The lowest BCUT2D eigenvalue weighted by Crippen LogP contribution is -2.07. The van der Waals surface area contributed by atoms with Gasteiger partial charge in [0.2, 0.25) is 0 Å². The fraction of sp³-hybridized carbons (Fsp3) is 0.133. The molecule has 0 saturated carbocycles. The Hall–Kier alpha value is -2.36. The standard InChI is InChI=1S/C15H14FNO2/c1-17(2)12-6-3-10(4-7-12)13-8-5-11(15(18)19)9-14(13)16/h3-9H,1-2H3,(H,18,19). The van der Waals surface area contributed by atoms with Gasteiger partial charge in [-0.25, -0.2) is 9.18 Å². The Morgan fingerprint density at radius 3 is 2.21 bits per heavy atom. The molecule has 0 aromatic heterocycles. The van der Waals surface area contributed by atoms with E-state index in [1.165, 1.54) is 12.1 Å². The van der Waals surface area contributed by atoms with E-state index in [-0.39, 0.29) is 5.56 Å². The molecule has 3 nitrogen and oxygen atoms in total. The van der Waals surface area contributed by atoms with E-state index >= 15 is 0 Å². The summed E-state index contributed by atoms with van der Waals surface area (Å²) in [6.07, 6.45) is 0. The lowest BCUT2D eigenvalue weighted by atomic mass is 10.0. The predicted octanol–water partition coefficient (Wildman–Crippen LogP) is 3.26. The number of rotatable bonds is 3. The highest BCUT2D eigenvalue weighted by atomic mass is 19.1. The van der Waals surface area contributed by atoms with Gasteiger partial charge in [0.05, 0.1) is 5.56 Å². The molecule has 0 aliphatic heterocycles. The summed E-state index contributed by atoms with van der Waals surface area (Å²) in [4.78, 5) is 12.7. The third kappa shape index (κ3) is 2.73. The van der Waals surface area contributed by atoms with Crippen LogP contribution in [-0.4, -0.2) is 25.2 Å². The van der Waals surface area contributed by atoms with Gasteiger partial charge in [-0.05, 0) is 29.8 Å². The fourth-order valence-electron chi connectivity index (χ4n) is 1.82. The summed E-state index contributed by atoms with van der Waals surface area (Å²) >= 11 is 0. The Morgan fingerprint density at radius 2 is 1.74 bits per heavy atom. The van der Waals surface area contributed by atoms with E-state index in [0.717, 1.165) is 17.3 Å². The first-order valence-electron chi connectivity index (χ1n) is 5.79. The molecular formula is C15H14FNO2. The number of benzene rings is 2. The van der Waals surface area contributed by atoms with Gasteiger partial charge in [0.15, 0.2) is 0 Å². The maximum atomic E-state index is 13.9. The normalized spacial score (nSPS) is 10.3. The Kier molecular flexibility index (Phi) is 3.51. The van der Waals surface area contributed by atoms with E-state index in [2.05, 4.69) is 0 Å². The minimum Gasteiger partial charge on any atom is -0.478 e. The van der Waals surface area contributed by atoms with Crippen molar-refractivity contribution in [3.8, 4) is 11.1 Å². The van der Waals surface area contributed by atoms with E-state index in [9.17, 15) is 9.18 Å². The van der Waals surface area contributed by atoms with Gasteiger partial charge in [-0.1, -0.05) is 18.2 Å². The molecule has 19 heavy (non-hydrogen) atoms. The molecule has 0 aliphatic rings. The van der Waals surface area contributed by atoms with Gasteiger partial charge in [0, 0.05) is 25.3 Å². The molecular weight excluding hydrogens is 245 g/mol. The fourth-order valence-corrected chi connectivity index (χ4v) is 1.82. The SMILES string of the molecule is CN(C)c1ccc(-c2ccc(C(=O)O)cc2F)cc1. The second-order valence-electron chi connectivity index (χ2n) is 4.44. The number of aromatic carboxylic acids is 1. The molecule has 0 aliphatic carbocycles. The third-order valence-electron chi connectivity index (χ3n) is 2.91. The number of carboxylic acids is 1. The number of anilines is 1. The first-order chi connectivity index (χ1) is 8.99. The largest absolute Gasteiger partial charge is 0.478 e.